The number of ketones is 1. The quantitative estimate of drug-likeness (QED) is 0.204. The number of ether oxygens (including phenoxy) is 1. The van der Waals surface area contributed by atoms with Crippen LogP contribution in [0.1, 0.15) is 75.5 Å². The van der Waals surface area contributed by atoms with Crippen molar-refractivity contribution in [2.75, 3.05) is 25.9 Å². The minimum atomic E-state index is -3.76. The van der Waals surface area contributed by atoms with E-state index in [0.717, 1.165) is 37.8 Å². The summed E-state index contributed by atoms with van der Waals surface area (Å²) in [5.74, 6) is -1.27. The van der Waals surface area contributed by atoms with Gasteiger partial charge >= 0.3 is 0 Å². The Balaban J connectivity index is 1.39. The highest BCUT2D eigenvalue weighted by atomic mass is 35.5. The molecule has 0 bridgehead atoms. The summed E-state index contributed by atoms with van der Waals surface area (Å²) in [7, 11) is -3.76. The van der Waals surface area contributed by atoms with Gasteiger partial charge in [-0.25, -0.2) is 18.1 Å². The molecule has 3 aromatic rings. The number of nitrogens with zero attached hydrogens (tertiary/aromatic N) is 2. The number of para-hydroxylation sites is 2. The minimum absolute atomic E-state index is 0.0722. The molecule has 3 N–H and O–H groups in total. The van der Waals surface area contributed by atoms with E-state index in [1.54, 1.807) is 36.4 Å². The number of hydrogen-bond acceptors (Lipinski definition) is 9. The Morgan fingerprint density at radius 2 is 1.78 bits per heavy atom. The van der Waals surface area contributed by atoms with E-state index in [1.807, 2.05) is 32.9 Å². The lowest BCUT2D eigenvalue weighted by molar-refractivity contribution is -0.140. The Labute approximate surface area is 299 Å². The topological polar surface area (TPSA) is 160 Å². The molecule has 12 nitrogen and oxygen atoms in total. The number of nitrogens with one attached hydrogen (secondary N) is 3. The molecule has 2 aliphatic heterocycles. The lowest BCUT2D eigenvalue weighted by Gasteiger charge is -2.31. The van der Waals surface area contributed by atoms with Crippen LogP contribution in [0.4, 0.5) is 0 Å². The minimum Gasteiger partial charge on any atom is -0.434 e. The smallest absolute Gasteiger partial charge is 0.266 e. The molecule has 0 spiro atoms. The predicted octanol–water partition coefficient (Wildman–Crippen LogP) is 4.47. The summed E-state index contributed by atoms with van der Waals surface area (Å²) in [6.07, 6.45) is 3.78. The van der Waals surface area contributed by atoms with Gasteiger partial charge in [0.25, 0.3) is 5.89 Å². The van der Waals surface area contributed by atoms with Crippen molar-refractivity contribution in [3.8, 4) is 0 Å². The SMILES string of the molecule is CC(C)(C)C[C@H](NC(=O)[C@@H]1C[C@@H](OCc2ccc(Cl)cc2)CN1C(=O)[C@@H](CCC1CCNCC1)NS(C)(=O)=O)C(=O)c1nc2ccccc2o1. The van der Waals surface area contributed by atoms with Crippen LogP contribution in [-0.2, 0) is 31.0 Å². The average Bonchev–Trinajstić information content (AvgIpc) is 3.70. The van der Waals surface area contributed by atoms with E-state index in [2.05, 4.69) is 20.3 Å². The molecule has 0 radical (unpaired) electrons. The molecule has 2 aliphatic rings. The molecule has 2 fully saturated rings. The Bertz CT molecular complexity index is 1720. The second kappa shape index (κ2) is 16.3. The molecule has 2 amide bonds. The fraction of sp³-hybridized carbons (Fsp3) is 0.556. The van der Waals surface area contributed by atoms with E-state index in [4.69, 9.17) is 20.8 Å². The lowest BCUT2D eigenvalue weighted by atomic mass is 9.86. The predicted molar refractivity (Wildman–Crippen MR) is 191 cm³/mol. The van der Waals surface area contributed by atoms with Crippen molar-refractivity contribution >= 4 is 50.3 Å². The van der Waals surface area contributed by atoms with Gasteiger partial charge < -0.3 is 24.7 Å². The summed E-state index contributed by atoms with van der Waals surface area (Å²) in [6.45, 7) is 7.93. The number of rotatable bonds is 14. The maximum Gasteiger partial charge on any atom is 0.266 e. The standard InChI is InChI=1S/C36H48ClN5O7S/c1-36(2,3)20-29(32(43)34-40-27-7-5-6-8-31(27)49-34)39-33(44)30-19-26(48-22-24-9-12-25(37)13-10-24)21-42(30)35(45)28(41-50(4,46)47)14-11-23-15-17-38-18-16-23/h5-10,12-13,23,26,28-30,38,41H,11,14-22H2,1-4H3,(H,39,44)/t26-,28-,29+,30+/m1/s1. The first-order chi connectivity index (χ1) is 23.6. The fourth-order valence-electron chi connectivity index (χ4n) is 6.69. The molecule has 2 aromatic carbocycles. The number of benzene rings is 2. The van der Waals surface area contributed by atoms with Gasteiger partial charge in [-0.3, -0.25) is 14.4 Å². The number of carbonyl (C=O) groups is 3. The van der Waals surface area contributed by atoms with Gasteiger partial charge in [-0.2, -0.15) is 0 Å². The number of hydrogen-bond donors (Lipinski definition) is 3. The van der Waals surface area contributed by atoms with Crippen molar-refractivity contribution in [3.63, 3.8) is 0 Å². The zero-order chi connectivity index (χ0) is 36.1. The van der Waals surface area contributed by atoms with Crippen molar-refractivity contribution in [1.29, 1.82) is 0 Å². The number of fused-ring (bicyclic) bond motifs is 1. The summed E-state index contributed by atoms with van der Waals surface area (Å²) < 4.78 is 39.5. The molecule has 272 valence electrons. The van der Waals surface area contributed by atoms with E-state index in [9.17, 15) is 22.8 Å². The number of aromatic nitrogens is 1. The normalized spacial score (nSPS) is 20.1. The molecule has 3 heterocycles. The highest BCUT2D eigenvalue weighted by Crippen LogP contribution is 2.28. The molecule has 0 unspecified atom stereocenters. The van der Waals surface area contributed by atoms with Crippen LogP contribution in [0.15, 0.2) is 52.9 Å². The van der Waals surface area contributed by atoms with Crippen LogP contribution in [0.3, 0.4) is 0 Å². The number of sulfonamides is 1. The first-order valence-corrected chi connectivity index (χ1v) is 19.5. The zero-order valence-corrected chi connectivity index (χ0v) is 30.7. The number of oxazole rings is 1. The number of carbonyl (C=O) groups excluding carboxylic acids is 3. The molecular weight excluding hydrogens is 682 g/mol. The van der Waals surface area contributed by atoms with Crippen molar-refractivity contribution in [1.82, 2.24) is 25.2 Å². The van der Waals surface area contributed by atoms with E-state index < -0.39 is 51.9 Å². The van der Waals surface area contributed by atoms with Gasteiger partial charge in [0.15, 0.2) is 5.58 Å². The van der Waals surface area contributed by atoms with Crippen LogP contribution < -0.4 is 15.4 Å². The lowest BCUT2D eigenvalue weighted by Crippen LogP contribution is -2.55. The first-order valence-electron chi connectivity index (χ1n) is 17.2. The molecule has 2 saturated heterocycles. The number of Topliss-reactive ketones (excluding diaryl/α,β-unsaturated/α-hetero) is 1. The van der Waals surface area contributed by atoms with Crippen LogP contribution in [0.2, 0.25) is 5.02 Å². The van der Waals surface area contributed by atoms with Gasteiger partial charge in [-0.1, -0.05) is 56.6 Å². The van der Waals surface area contributed by atoms with Crippen LogP contribution in [0, 0.1) is 11.3 Å². The molecule has 5 rings (SSSR count). The van der Waals surface area contributed by atoms with Crippen molar-refractivity contribution < 1.29 is 32.0 Å². The molecule has 4 atom stereocenters. The molecule has 14 heteroatoms. The van der Waals surface area contributed by atoms with Gasteiger partial charge in [0.05, 0.1) is 25.0 Å². The monoisotopic (exact) mass is 729 g/mol. The van der Waals surface area contributed by atoms with E-state index >= 15 is 0 Å². The Kier molecular flexibility index (Phi) is 12.4. The first kappa shape index (κ1) is 37.9. The molecule has 1 aromatic heterocycles. The molecule has 0 saturated carbocycles. The van der Waals surface area contributed by atoms with Crippen LogP contribution in [0.5, 0.6) is 0 Å². The third kappa shape index (κ3) is 10.6. The maximum atomic E-state index is 14.3. The van der Waals surface area contributed by atoms with Gasteiger partial charge in [0.1, 0.15) is 17.6 Å². The van der Waals surface area contributed by atoms with Gasteiger partial charge in [-0.05, 0) is 86.4 Å². The Morgan fingerprint density at radius 3 is 2.44 bits per heavy atom. The molecule has 0 aliphatic carbocycles. The highest BCUT2D eigenvalue weighted by Gasteiger charge is 2.44. The number of piperidine rings is 1. The van der Waals surface area contributed by atoms with Crippen molar-refractivity contribution in [3.05, 3.63) is 65.0 Å². The Hall–Kier alpha value is -3.36. The summed E-state index contributed by atoms with van der Waals surface area (Å²) >= 11 is 6.05. The van der Waals surface area contributed by atoms with Gasteiger partial charge in [0, 0.05) is 18.0 Å². The van der Waals surface area contributed by atoms with E-state index in [1.165, 1.54) is 4.90 Å². The largest absolute Gasteiger partial charge is 0.434 e. The number of halogens is 1. The Morgan fingerprint density at radius 1 is 1.08 bits per heavy atom. The van der Waals surface area contributed by atoms with Gasteiger partial charge in [-0.15, -0.1) is 0 Å². The van der Waals surface area contributed by atoms with Crippen LogP contribution >= 0.6 is 11.6 Å². The average molecular weight is 730 g/mol. The van der Waals surface area contributed by atoms with Gasteiger partial charge in [0.2, 0.25) is 27.6 Å². The second-order valence-electron chi connectivity index (χ2n) is 14.7. The van der Waals surface area contributed by atoms with Crippen LogP contribution in [-0.4, -0.2) is 86.0 Å². The molecular formula is C36H48ClN5O7S. The van der Waals surface area contributed by atoms with Crippen molar-refractivity contribution in [2.24, 2.45) is 11.3 Å². The summed E-state index contributed by atoms with van der Waals surface area (Å²) in [6, 6.07) is 11.2. The fourth-order valence-corrected chi connectivity index (χ4v) is 7.55. The third-order valence-electron chi connectivity index (χ3n) is 9.18. The number of likely N-dealkylation sites (tertiary alicyclic amines) is 1. The van der Waals surface area contributed by atoms with Crippen LogP contribution in [0.25, 0.3) is 11.1 Å². The summed E-state index contributed by atoms with van der Waals surface area (Å²) in [4.78, 5) is 48.1. The van der Waals surface area contributed by atoms with E-state index in [-0.39, 0.29) is 37.3 Å². The third-order valence-corrected chi connectivity index (χ3v) is 10.1. The zero-order valence-electron chi connectivity index (χ0n) is 29.1. The number of amides is 2. The van der Waals surface area contributed by atoms with E-state index in [0.29, 0.717) is 34.9 Å². The summed E-state index contributed by atoms with van der Waals surface area (Å²) in [5.41, 5.74) is 1.49. The molecule has 50 heavy (non-hydrogen) atoms. The maximum absolute atomic E-state index is 14.3. The highest BCUT2D eigenvalue weighted by molar-refractivity contribution is 7.88. The second-order valence-corrected chi connectivity index (χ2v) is 16.9. The van der Waals surface area contributed by atoms with Crippen molar-refractivity contribution in [2.45, 2.75) is 90.1 Å². The summed E-state index contributed by atoms with van der Waals surface area (Å²) in [5, 5.41) is 6.83.